The molecule has 1 N–H and O–H groups in total. The first-order valence-electron chi connectivity index (χ1n) is 6.65. The SMILES string of the molecule is CC1N(C)C2CCCC1(c1cccc(O)c1)C2. The second-order valence-electron chi connectivity index (χ2n) is 5.80. The third-order valence-corrected chi connectivity index (χ3v) is 5.17. The molecule has 2 bridgehead atoms. The van der Waals surface area contributed by atoms with Crippen LogP contribution in [-0.4, -0.2) is 29.1 Å². The van der Waals surface area contributed by atoms with Crippen molar-refractivity contribution in [3.8, 4) is 5.75 Å². The van der Waals surface area contributed by atoms with Gasteiger partial charge in [0.1, 0.15) is 5.75 Å². The van der Waals surface area contributed by atoms with Crippen molar-refractivity contribution in [1.82, 2.24) is 4.90 Å². The van der Waals surface area contributed by atoms with Crippen LogP contribution in [0.15, 0.2) is 24.3 Å². The Hall–Kier alpha value is -1.02. The molecule has 2 aliphatic rings. The van der Waals surface area contributed by atoms with E-state index >= 15 is 0 Å². The maximum absolute atomic E-state index is 9.71. The molecule has 1 saturated carbocycles. The number of likely N-dealkylation sites (tertiary alicyclic amines) is 1. The van der Waals surface area contributed by atoms with Gasteiger partial charge in [0.05, 0.1) is 0 Å². The molecule has 1 heterocycles. The van der Waals surface area contributed by atoms with Crippen molar-refractivity contribution in [1.29, 1.82) is 0 Å². The Kier molecular flexibility index (Phi) is 2.44. The molecule has 3 rings (SSSR count). The molecule has 2 nitrogen and oxygen atoms in total. The van der Waals surface area contributed by atoms with E-state index in [-0.39, 0.29) is 5.41 Å². The lowest BCUT2D eigenvalue weighted by atomic mass is 9.67. The minimum atomic E-state index is 0.274. The van der Waals surface area contributed by atoms with Crippen LogP contribution >= 0.6 is 0 Å². The Morgan fingerprint density at radius 2 is 2.24 bits per heavy atom. The number of hydrogen-bond donors (Lipinski definition) is 1. The summed E-state index contributed by atoms with van der Waals surface area (Å²) >= 11 is 0. The summed E-state index contributed by atoms with van der Waals surface area (Å²) in [4.78, 5) is 2.54. The molecule has 2 heteroatoms. The van der Waals surface area contributed by atoms with E-state index in [0.29, 0.717) is 11.8 Å². The summed E-state index contributed by atoms with van der Waals surface area (Å²) in [5.74, 6) is 0.403. The first-order valence-corrected chi connectivity index (χ1v) is 6.65. The minimum Gasteiger partial charge on any atom is -0.508 e. The van der Waals surface area contributed by atoms with Gasteiger partial charge in [-0.1, -0.05) is 18.6 Å². The smallest absolute Gasteiger partial charge is 0.115 e. The maximum atomic E-state index is 9.71. The molecule has 1 aliphatic carbocycles. The molecule has 0 spiro atoms. The molecule has 2 fully saturated rings. The van der Waals surface area contributed by atoms with E-state index in [9.17, 15) is 5.11 Å². The van der Waals surface area contributed by atoms with Gasteiger partial charge in [-0.2, -0.15) is 0 Å². The van der Waals surface area contributed by atoms with Gasteiger partial charge in [0.25, 0.3) is 0 Å². The summed E-state index contributed by atoms with van der Waals surface area (Å²) in [6.45, 7) is 2.34. The van der Waals surface area contributed by atoms with Crippen LogP contribution in [0, 0.1) is 0 Å². The number of aromatic hydroxyl groups is 1. The fraction of sp³-hybridized carbons (Fsp3) is 0.600. The van der Waals surface area contributed by atoms with Crippen LogP contribution in [0.1, 0.15) is 38.2 Å². The van der Waals surface area contributed by atoms with Crippen LogP contribution in [0.2, 0.25) is 0 Å². The van der Waals surface area contributed by atoms with Gasteiger partial charge >= 0.3 is 0 Å². The highest BCUT2D eigenvalue weighted by Gasteiger charge is 2.51. The molecule has 0 aromatic heterocycles. The molecule has 92 valence electrons. The number of phenols is 1. The molecule has 1 saturated heterocycles. The van der Waals surface area contributed by atoms with Crippen molar-refractivity contribution in [3.63, 3.8) is 0 Å². The number of hydrogen-bond acceptors (Lipinski definition) is 2. The quantitative estimate of drug-likeness (QED) is 0.803. The fourth-order valence-corrected chi connectivity index (χ4v) is 4.03. The summed E-state index contributed by atoms with van der Waals surface area (Å²) in [5, 5.41) is 9.71. The zero-order chi connectivity index (χ0) is 12.0. The zero-order valence-corrected chi connectivity index (χ0v) is 10.7. The van der Waals surface area contributed by atoms with Crippen molar-refractivity contribution in [2.24, 2.45) is 0 Å². The minimum absolute atomic E-state index is 0.274. The van der Waals surface area contributed by atoms with E-state index in [4.69, 9.17) is 0 Å². The van der Waals surface area contributed by atoms with Gasteiger partial charge in [0.2, 0.25) is 0 Å². The van der Waals surface area contributed by atoms with E-state index in [1.165, 1.54) is 31.2 Å². The molecule has 3 atom stereocenters. The van der Waals surface area contributed by atoms with Crippen LogP contribution in [0.3, 0.4) is 0 Å². The van der Waals surface area contributed by atoms with E-state index in [1.807, 2.05) is 12.1 Å². The molecular weight excluding hydrogens is 210 g/mol. The monoisotopic (exact) mass is 231 g/mol. The largest absolute Gasteiger partial charge is 0.508 e. The van der Waals surface area contributed by atoms with Crippen LogP contribution in [-0.2, 0) is 5.41 Å². The number of rotatable bonds is 1. The molecule has 3 unspecified atom stereocenters. The number of benzene rings is 1. The lowest BCUT2D eigenvalue weighted by Crippen LogP contribution is -2.38. The molecule has 1 aliphatic heterocycles. The lowest BCUT2D eigenvalue weighted by molar-refractivity contribution is 0.239. The predicted molar refractivity (Wildman–Crippen MR) is 69.3 cm³/mol. The molecular formula is C15H21NO. The Balaban J connectivity index is 2.05. The van der Waals surface area contributed by atoms with Crippen LogP contribution in [0.4, 0.5) is 0 Å². The summed E-state index contributed by atoms with van der Waals surface area (Å²) in [5.41, 5.74) is 1.61. The maximum Gasteiger partial charge on any atom is 0.115 e. The highest BCUT2D eigenvalue weighted by molar-refractivity contribution is 5.36. The Bertz CT molecular complexity index is 431. The Morgan fingerprint density at radius 1 is 1.41 bits per heavy atom. The number of fused-ring (bicyclic) bond motifs is 2. The normalized spacial score (nSPS) is 37.3. The third-order valence-electron chi connectivity index (χ3n) is 5.17. The topological polar surface area (TPSA) is 23.5 Å². The summed E-state index contributed by atoms with van der Waals surface area (Å²) in [6, 6.07) is 9.23. The van der Waals surface area contributed by atoms with Gasteiger partial charge in [-0.3, -0.25) is 4.90 Å². The predicted octanol–water partition coefficient (Wildman–Crippen LogP) is 2.91. The second kappa shape index (κ2) is 3.74. The Labute approximate surface area is 103 Å². The lowest BCUT2D eigenvalue weighted by Gasteiger charge is -2.36. The summed E-state index contributed by atoms with van der Waals surface area (Å²) < 4.78 is 0. The number of phenolic OH excluding ortho intramolecular Hbond substituents is 1. The number of likely N-dealkylation sites (N-methyl/N-ethyl adjacent to an activating group) is 1. The van der Waals surface area contributed by atoms with Crippen LogP contribution < -0.4 is 0 Å². The van der Waals surface area contributed by atoms with Gasteiger partial charge in [-0.05, 0) is 50.9 Å². The van der Waals surface area contributed by atoms with Crippen LogP contribution in [0.25, 0.3) is 0 Å². The van der Waals surface area contributed by atoms with Crippen molar-refractivity contribution >= 4 is 0 Å². The first-order chi connectivity index (χ1) is 8.13. The fourth-order valence-electron chi connectivity index (χ4n) is 4.03. The molecule has 1 aromatic rings. The summed E-state index contributed by atoms with van der Waals surface area (Å²) in [7, 11) is 2.26. The van der Waals surface area contributed by atoms with E-state index in [0.717, 1.165) is 6.04 Å². The highest BCUT2D eigenvalue weighted by atomic mass is 16.3. The second-order valence-corrected chi connectivity index (χ2v) is 5.80. The van der Waals surface area contributed by atoms with Crippen molar-refractivity contribution in [3.05, 3.63) is 29.8 Å². The zero-order valence-electron chi connectivity index (χ0n) is 10.7. The van der Waals surface area contributed by atoms with Gasteiger partial charge in [0, 0.05) is 17.5 Å². The van der Waals surface area contributed by atoms with E-state index < -0.39 is 0 Å². The van der Waals surface area contributed by atoms with E-state index in [1.54, 1.807) is 6.07 Å². The molecule has 0 radical (unpaired) electrons. The first kappa shape index (κ1) is 11.1. The average Bonchev–Trinajstić information content (AvgIpc) is 2.52. The molecule has 17 heavy (non-hydrogen) atoms. The summed E-state index contributed by atoms with van der Waals surface area (Å²) in [6.07, 6.45) is 5.17. The van der Waals surface area contributed by atoms with Crippen LogP contribution in [0.5, 0.6) is 5.75 Å². The highest BCUT2D eigenvalue weighted by Crippen LogP contribution is 2.51. The van der Waals surface area contributed by atoms with Crippen molar-refractivity contribution < 1.29 is 5.11 Å². The van der Waals surface area contributed by atoms with Gasteiger partial charge in [-0.15, -0.1) is 0 Å². The number of nitrogens with zero attached hydrogens (tertiary/aromatic N) is 1. The van der Waals surface area contributed by atoms with Gasteiger partial charge in [0.15, 0.2) is 0 Å². The third kappa shape index (κ3) is 1.50. The Morgan fingerprint density at radius 3 is 3.00 bits per heavy atom. The van der Waals surface area contributed by atoms with Gasteiger partial charge in [-0.25, -0.2) is 0 Å². The van der Waals surface area contributed by atoms with Crippen molar-refractivity contribution in [2.75, 3.05) is 7.05 Å². The molecule has 1 aromatic carbocycles. The standard InChI is InChI=1S/C15H21NO/c1-11-15(12-5-3-7-14(17)9-12)8-4-6-13(10-15)16(11)2/h3,5,7,9,11,13,17H,4,6,8,10H2,1-2H3. The molecule has 0 amide bonds. The van der Waals surface area contributed by atoms with Crippen molar-refractivity contribution in [2.45, 2.75) is 50.1 Å². The van der Waals surface area contributed by atoms with E-state index in [2.05, 4.69) is 24.9 Å². The van der Waals surface area contributed by atoms with Gasteiger partial charge < -0.3 is 5.11 Å². The average molecular weight is 231 g/mol.